The molecule has 1 aliphatic rings. The van der Waals surface area contributed by atoms with E-state index in [9.17, 15) is 5.11 Å². The molecule has 0 unspecified atom stereocenters. The minimum atomic E-state index is -0.676. The second-order valence-electron chi connectivity index (χ2n) is 3.05. The molecule has 1 nitrogen and oxygen atoms in total. The van der Waals surface area contributed by atoms with Crippen molar-refractivity contribution in [1.82, 2.24) is 0 Å². The van der Waals surface area contributed by atoms with Gasteiger partial charge < -0.3 is 5.11 Å². The number of rotatable bonds is 1. The van der Waals surface area contributed by atoms with Crippen LogP contribution in [0.15, 0.2) is 23.8 Å². The van der Waals surface area contributed by atoms with Crippen LogP contribution in [-0.2, 0) is 0 Å². The van der Waals surface area contributed by atoms with Crippen LogP contribution in [0, 0.1) is 6.42 Å². The summed E-state index contributed by atoms with van der Waals surface area (Å²) in [7, 11) is 0. The van der Waals surface area contributed by atoms with E-state index in [4.69, 9.17) is 0 Å². The van der Waals surface area contributed by atoms with Gasteiger partial charge in [0, 0.05) is 0 Å². The van der Waals surface area contributed by atoms with Gasteiger partial charge in [0.2, 0.25) is 0 Å². The number of hydrogen-bond donors (Lipinski definition) is 1. The minimum absolute atomic E-state index is 0.676. The molecule has 1 heteroatoms. The fraction of sp³-hybridized carbons (Fsp3) is 0.444. The van der Waals surface area contributed by atoms with Gasteiger partial charge >= 0.3 is 0 Å². The first-order chi connectivity index (χ1) is 4.61. The molecule has 1 radical (unpaired) electrons. The lowest BCUT2D eigenvalue weighted by atomic mass is 9.93. The Kier molecular flexibility index (Phi) is 1.95. The molecule has 0 saturated carbocycles. The Morgan fingerprint density at radius 2 is 2.20 bits per heavy atom. The van der Waals surface area contributed by atoms with E-state index in [-0.39, 0.29) is 0 Å². The maximum Gasteiger partial charge on any atom is 0.0837 e. The molecule has 0 aromatic rings. The number of allylic oxidation sites excluding steroid dienone is 2. The lowest BCUT2D eigenvalue weighted by Gasteiger charge is -2.20. The first-order valence-electron chi connectivity index (χ1n) is 3.53. The zero-order valence-corrected chi connectivity index (χ0v) is 6.46. The van der Waals surface area contributed by atoms with Crippen molar-refractivity contribution >= 4 is 0 Å². The Labute approximate surface area is 62.1 Å². The Morgan fingerprint density at radius 3 is 2.50 bits per heavy atom. The summed E-state index contributed by atoms with van der Waals surface area (Å²) < 4.78 is 0. The summed E-state index contributed by atoms with van der Waals surface area (Å²) in [5, 5.41) is 9.51. The summed E-state index contributed by atoms with van der Waals surface area (Å²) in [4.78, 5) is 0. The standard InChI is InChI=1S/C9H13O/c1-9(2,10)8-6-4-3-5-7-8/h3-4,6-7,10H,5H2,1-2H3. The van der Waals surface area contributed by atoms with Crippen LogP contribution >= 0.6 is 0 Å². The summed E-state index contributed by atoms with van der Waals surface area (Å²) in [5.41, 5.74) is 0.333. The lowest BCUT2D eigenvalue weighted by molar-refractivity contribution is 0.123. The largest absolute Gasteiger partial charge is 0.386 e. The van der Waals surface area contributed by atoms with Crippen LogP contribution in [0.25, 0.3) is 0 Å². The Bertz CT molecular complexity index is 170. The van der Waals surface area contributed by atoms with Crippen LogP contribution in [0.2, 0.25) is 0 Å². The molecular formula is C9H13O. The highest BCUT2D eigenvalue weighted by molar-refractivity contribution is 5.32. The Balaban J connectivity index is 2.73. The highest BCUT2D eigenvalue weighted by atomic mass is 16.3. The van der Waals surface area contributed by atoms with E-state index < -0.39 is 5.60 Å². The molecule has 0 spiro atoms. The summed E-state index contributed by atoms with van der Waals surface area (Å²) in [5.74, 6) is 0. The SMILES string of the molecule is CC(C)(O)C1=CC[CH]C=C1. The highest BCUT2D eigenvalue weighted by Crippen LogP contribution is 2.20. The average Bonchev–Trinajstić information content (AvgIpc) is 1.88. The molecule has 0 aromatic carbocycles. The van der Waals surface area contributed by atoms with Gasteiger partial charge in [0.05, 0.1) is 5.60 Å². The van der Waals surface area contributed by atoms with Crippen LogP contribution in [0.1, 0.15) is 20.3 Å². The predicted octanol–water partition coefficient (Wildman–Crippen LogP) is 1.85. The third kappa shape index (κ3) is 1.71. The van der Waals surface area contributed by atoms with Crippen LogP contribution in [0.5, 0.6) is 0 Å². The first-order valence-corrected chi connectivity index (χ1v) is 3.53. The predicted molar refractivity (Wildman–Crippen MR) is 42.4 cm³/mol. The van der Waals surface area contributed by atoms with E-state index in [2.05, 4.69) is 6.42 Å². The average molecular weight is 137 g/mol. The van der Waals surface area contributed by atoms with E-state index in [1.165, 1.54) is 0 Å². The second kappa shape index (κ2) is 2.59. The van der Waals surface area contributed by atoms with Gasteiger partial charge in [-0.3, -0.25) is 0 Å². The summed E-state index contributed by atoms with van der Waals surface area (Å²) in [6.45, 7) is 3.60. The minimum Gasteiger partial charge on any atom is -0.386 e. The van der Waals surface area contributed by atoms with E-state index in [0.29, 0.717) is 0 Å². The van der Waals surface area contributed by atoms with Crippen LogP contribution < -0.4 is 0 Å². The van der Waals surface area contributed by atoms with Crippen molar-refractivity contribution in [3.05, 3.63) is 30.2 Å². The van der Waals surface area contributed by atoms with Crippen LogP contribution in [-0.4, -0.2) is 10.7 Å². The van der Waals surface area contributed by atoms with Crippen molar-refractivity contribution in [3.8, 4) is 0 Å². The van der Waals surface area contributed by atoms with Crippen molar-refractivity contribution in [3.63, 3.8) is 0 Å². The van der Waals surface area contributed by atoms with Gasteiger partial charge in [-0.25, -0.2) is 0 Å². The van der Waals surface area contributed by atoms with Gasteiger partial charge in [0.1, 0.15) is 0 Å². The summed E-state index contributed by atoms with van der Waals surface area (Å²) in [6, 6.07) is 0. The summed E-state index contributed by atoms with van der Waals surface area (Å²) in [6.07, 6.45) is 8.97. The number of hydrogen-bond acceptors (Lipinski definition) is 1. The van der Waals surface area contributed by atoms with E-state index in [1.54, 1.807) is 13.8 Å². The molecule has 1 aliphatic carbocycles. The highest BCUT2D eigenvalue weighted by Gasteiger charge is 2.17. The van der Waals surface area contributed by atoms with Gasteiger partial charge in [-0.05, 0) is 32.3 Å². The monoisotopic (exact) mass is 137 g/mol. The van der Waals surface area contributed by atoms with Crippen molar-refractivity contribution in [2.75, 3.05) is 0 Å². The van der Waals surface area contributed by atoms with E-state index in [1.807, 2.05) is 18.2 Å². The van der Waals surface area contributed by atoms with E-state index in [0.717, 1.165) is 12.0 Å². The van der Waals surface area contributed by atoms with Gasteiger partial charge in [0.15, 0.2) is 0 Å². The molecule has 0 saturated heterocycles. The Hall–Kier alpha value is -0.560. The van der Waals surface area contributed by atoms with Gasteiger partial charge in [0.25, 0.3) is 0 Å². The fourth-order valence-corrected chi connectivity index (χ4v) is 0.967. The topological polar surface area (TPSA) is 20.2 Å². The maximum atomic E-state index is 9.51. The van der Waals surface area contributed by atoms with Crippen molar-refractivity contribution < 1.29 is 5.11 Å². The number of aliphatic hydroxyl groups is 1. The van der Waals surface area contributed by atoms with Crippen molar-refractivity contribution in [1.29, 1.82) is 0 Å². The van der Waals surface area contributed by atoms with Crippen molar-refractivity contribution in [2.24, 2.45) is 0 Å². The zero-order valence-electron chi connectivity index (χ0n) is 6.46. The maximum absolute atomic E-state index is 9.51. The second-order valence-corrected chi connectivity index (χ2v) is 3.05. The molecule has 0 atom stereocenters. The first kappa shape index (κ1) is 7.55. The molecular weight excluding hydrogens is 124 g/mol. The van der Waals surface area contributed by atoms with Gasteiger partial charge in [-0.1, -0.05) is 18.2 Å². The third-order valence-electron chi connectivity index (χ3n) is 1.59. The van der Waals surface area contributed by atoms with E-state index >= 15 is 0 Å². The molecule has 1 rings (SSSR count). The van der Waals surface area contributed by atoms with Crippen molar-refractivity contribution in [2.45, 2.75) is 25.9 Å². The molecule has 0 aromatic heterocycles. The normalized spacial score (nSPS) is 18.9. The molecule has 0 heterocycles. The molecule has 1 N–H and O–H groups in total. The molecule has 0 fully saturated rings. The smallest absolute Gasteiger partial charge is 0.0837 e. The summed E-state index contributed by atoms with van der Waals surface area (Å²) >= 11 is 0. The van der Waals surface area contributed by atoms with Crippen LogP contribution in [0.3, 0.4) is 0 Å². The lowest BCUT2D eigenvalue weighted by Crippen LogP contribution is -2.21. The molecule has 55 valence electrons. The van der Waals surface area contributed by atoms with Gasteiger partial charge in [-0.15, -0.1) is 0 Å². The fourth-order valence-electron chi connectivity index (χ4n) is 0.967. The molecule has 0 bridgehead atoms. The van der Waals surface area contributed by atoms with Gasteiger partial charge in [-0.2, -0.15) is 0 Å². The molecule has 10 heavy (non-hydrogen) atoms. The third-order valence-corrected chi connectivity index (χ3v) is 1.59. The molecule has 0 aliphatic heterocycles. The quantitative estimate of drug-likeness (QED) is 0.584. The molecule has 0 amide bonds. The van der Waals surface area contributed by atoms with Crippen LogP contribution in [0.4, 0.5) is 0 Å². The Morgan fingerprint density at radius 1 is 1.50 bits per heavy atom. The zero-order chi connectivity index (χ0) is 7.61.